The average molecular weight is 184 g/mol. The van der Waals surface area contributed by atoms with Crippen molar-refractivity contribution in [3.63, 3.8) is 0 Å². The van der Waals surface area contributed by atoms with Gasteiger partial charge in [0, 0.05) is 24.7 Å². The number of hydrogen-bond acceptors (Lipinski definition) is 3. The van der Waals surface area contributed by atoms with Crippen LogP contribution in [0.2, 0.25) is 0 Å². The lowest BCUT2D eigenvalue weighted by atomic mass is 9.86. The van der Waals surface area contributed by atoms with Crippen molar-refractivity contribution in [2.24, 2.45) is 5.73 Å². The molecule has 0 spiro atoms. The highest BCUT2D eigenvalue weighted by Gasteiger charge is 2.29. The SMILES string of the molecule is CC1CC(NC2CC(N)C2)CCO1. The van der Waals surface area contributed by atoms with E-state index in [1.54, 1.807) is 0 Å². The highest BCUT2D eigenvalue weighted by atomic mass is 16.5. The van der Waals surface area contributed by atoms with Crippen molar-refractivity contribution in [1.82, 2.24) is 5.32 Å². The first-order chi connectivity index (χ1) is 6.24. The Kier molecular flexibility index (Phi) is 2.86. The van der Waals surface area contributed by atoms with E-state index in [0.717, 1.165) is 32.3 Å². The Balaban J connectivity index is 1.69. The second kappa shape index (κ2) is 3.95. The van der Waals surface area contributed by atoms with E-state index in [2.05, 4.69) is 12.2 Å². The third-order valence-corrected chi connectivity index (χ3v) is 3.13. The van der Waals surface area contributed by atoms with E-state index in [9.17, 15) is 0 Å². The molecule has 1 saturated heterocycles. The Bertz CT molecular complexity index is 168. The average Bonchev–Trinajstić information content (AvgIpc) is 2.01. The summed E-state index contributed by atoms with van der Waals surface area (Å²) in [5.74, 6) is 0. The first-order valence-electron chi connectivity index (χ1n) is 5.37. The molecule has 13 heavy (non-hydrogen) atoms. The lowest BCUT2D eigenvalue weighted by Gasteiger charge is -2.38. The monoisotopic (exact) mass is 184 g/mol. The fraction of sp³-hybridized carbons (Fsp3) is 1.00. The largest absolute Gasteiger partial charge is 0.378 e. The number of nitrogens with two attached hydrogens (primary N) is 1. The molecule has 0 aromatic rings. The molecule has 2 aliphatic rings. The maximum absolute atomic E-state index is 5.74. The Labute approximate surface area is 80.0 Å². The Morgan fingerprint density at radius 2 is 2.00 bits per heavy atom. The van der Waals surface area contributed by atoms with Crippen LogP contribution in [-0.2, 0) is 4.74 Å². The summed E-state index contributed by atoms with van der Waals surface area (Å²) in [6, 6.07) is 1.81. The summed E-state index contributed by atoms with van der Waals surface area (Å²) in [5.41, 5.74) is 5.74. The number of rotatable bonds is 2. The minimum Gasteiger partial charge on any atom is -0.378 e. The molecule has 1 heterocycles. The van der Waals surface area contributed by atoms with Crippen LogP contribution in [0.1, 0.15) is 32.6 Å². The van der Waals surface area contributed by atoms with E-state index < -0.39 is 0 Å². The van der Waals surface area contributed by atoms with Crippen molar-refractivity contribution in [3.8, 4) is 0 Å². The summed E-state index contributed by atoms with van der Waals surface area (Å²) in [6.45, 7) is 3.07. The van der Waals surface area contributed by atoms with Gasteiger partial charge in [0.05, 0.1) is 6.10 Å². The topological polar surface area (TPSA) is 47.3 Å². The molecule has 2 atom stereocenters. The second-order valence-electron chi connectivity index (χ2n) is 4.50. The molecule has 0 aromatic carbocycles. The van der Waals surface area contributed by atoms with Crippen LogP contribution in [0.25, 0.3) is 0 Å². The summed E-state index contributed by atoms with van der Waals surface area (Å²) in [4.78, 5) is 0. The predicted molar refractivity (Wildman–Crippen MR) is 52.6 cm³/mol. The fourth-order valence-electron chi connectivity index (χ4n) is 2.28. The smallest absolute Gasteiger partial charge is 0.0561 e. The summed E-state index contributed by atoms with van der Waals surface area (Å²) in [7, 11) is 0. The van der Waals surface area contributed by atoms with Crippen molar-refractivity contribution < 1.29 is 4.74 Å². The third-order valence-electron chi connectivity index (χ3n) is 3.13. The number of ether oxygens (including phenoxy) is 1. The van der Waals surface area contributed by atoms with Gasteiger partial charge < -0.3 is 15.8 Å². The van der Waals surface area contributed by atoms with Crippen LogP contribution in [0.15, 0.2) is 0 Å². The van der Waals surface area contributed by atoms with Crippen LogP contribution in [0.4, 0.5) is 0 Å². The van der Waals surface area contributed by atoms with Gasteiger partial charge in [-0.25, -0.2) is 0 Å². The maximum atomic E-state index is 5.74. The standard InChI is InChI=1S/C10H20N2O/c1-7-4-9(2-3-13-7)12-10-5-8(11)6-10/h7-10,12H,2-6,11H2,1H3. The lowest BCUT2D eigenvalue weighted by molar-refractivity contribution is 0.00863. The normalized spacial score (nSPS) is 45.7. The van der Waals surface area contributed by atoms with E-state index in [1.165, 1.54) is 0 Å². The van der Waals surface area contributed by atoms with E-state index in [1.807, 2.05) is 0 Å². The van der Waals surface area contributed by atoms with Gasteiger partial charge in [0.1, 0.15) is 0 Å². The summed E-state index contributed by atoms with van der Waals surface area (Å²) in [5, 5.41) is 3.66. The van der Waals surface area contributed by atoms with E-state index >= 15 is 0 Å². The van der Waals surface area contributed by atoms with Gasteiger partial charge in [-0.2, -0.15) is 0 Å². The number of hydrogen-bond donors (Lipinski definition) is 2. The van der Waals surface area contributed by atoms with Crippen molar-refractivity contribution in [2.75, 3.05) is 6.61 Å². The molecule has 2 fully saturated rings. The molecular formula is C10H20N2O. The van der Waals surface area contributed by atoms with Crippen LogP contribution in [-0.4, -0.2) is 30.8 Å². The van der Waals surface area contributed by atoms with Gasteiger partial charge in [-0.3, -0.25) is 0 Å². The molecular weight excluding hydrogens is 164 g/mol. The van der Waals surface area contributed by atoms with Crippen molar-refractivity contribution in [1.29, 1.82) is 0 Å². The number of nitrogens with one attached hydrogen (secondary N) is 1. The van der Waals surface area contributed by atoms with Crippen molar-refractivity contribution in [3.05, 3.63) is 0 Å². The van der Waals surface area contributed by atoms with Gasteiger partial charge in [0.15, 0.2) is 0 Å². The van der Waals surface area contributed by atoms with Crippen LogP contribution < -0.4 is 11.1 Å². The molecule has 3 nitrogen and oxygen atoms in total. The molecule has 0 amide bonds. The molecule has 2 rings (SSSR count). The fourth-order valence-corrected chi connectivity index (χ4v) is 2.28. The van der Waals surface area contributed by atoms with Gasteiger partial charge in [0.2, 0.25) is 0 Å². The van der Waals surface area contributed by atoms with Gasteiger partial charge >= 0.3 is 0 Å². The van der Waals surface area contributed by atoms with E-state index in [-0.39, 0.29) is 0 Å². The first-order valence-corrected chi connectivity index (χ1v) is 5.37. The molecule has 1 aliphatic carbocycles. The van der Waals surface area contributed by atoms with Crippen molar-refractivity contribution in [2.45, 2.75) is 56.8 Å². The predicted octanol–water partition coefficient (Wildman–Crippen LogP) is 0.633. The maximum Gasteiger partial charge on any atom is 0.0561 e. The molecule has 0 radical (unpaired) electrons. The van der Waals surface area contributed by atoms with E-state index in [0.29, 0.717) is 24.2 Å². The molecule has 1 saturated carbocycles. The zero-order valence-electron chi connectivity index (χ0n) is 8.33. The van der Waals surface area contributed by atoms with E-state index in [4.69, 9.17) is 10.5 Å². The van der Waals surface area contributed by atoms with Gasteiger partial charge in [0.25, 0.3) is 0 Å². The Morgan fingerprint density at radius 3 is 2.62 bits per heavy atom. The zero-order valence-corrected chi connectivity index (χ0v) is 8.33. The van der Waals surface area contributed by atoms with Gasteiger partial charge in [-0.15, -0.1) is 0 Å². The summed E-state index contributed by atoms with van der Waals surface area (Å²) >= 11 is 0. The first kappa shape index (κ1) is 9.44. The minimum absolute atomic E-state index is 0.431. The highest BCUT2D eigenvalue weighted by molar-refractivity contribution is 4.90. The second-order valence-corrected chi connectivity index (χ2v) is 4.50. The van der Waals surface area contributed by atoms with Crippen LogP contribution >= 0.6 is 0 Å². The lowest BCUT2D eigenvalue weighted by Crippen LogP contribution is -2.53. The molecule has 76 valence electrons. The summed E-state index contributed by atoms with van der Waals surface area (Å²) in [6.07, 6.45) is 5.07. The van der Waals surface area contributed by atoms with Gasteiger partial charge in [-0.05, 0) is 32.6 Å². The van der Waals surface area contributed by atoms with Crippen LogP contribution in [0.5, 0.6) is 0 Å². The zero-order chi connectivity index (χ0) is 9.26. The summed E-state index contributed by atoms with van der Waals surface area (Å²) < 4.78 is 5.50. The van der Waals surface area contributed by atoms with Crippen LogP contribution in [0, 0.1) is 0 Å². The molecule has 3 heteroatoms. The Morgan fingerprint density at radius 1 is 1.23 bits per heavy atom. The molecule has 3 N–H and O–H groups in total. The molecule has 0 bridgehead atoms. The Hall–Kier alpha value is -0.120. The quantitative estimate of drug-likeness (QED) is 0.662. The molecule has 2 unspecified atom stereocenters. The third kappa shape index (κ3) is 2.42. The minimum atomic E-state index is 0.431. The van der Waals surface area contributed by atoms with Crippen LogP contribution in [0.3, 0.4) is 0 Å². The molecule has 1 aliphatic heterocycles. The van der Waals surface area contributed by atoms with Crippen molar-refractivity contribution >= 4 is 0 Å². The van der Waals surface area contributed by atoms with Gasteiger partial charge in [-0.1, -0.05) is 0 Å². The highest BCUT2D eigenvalue weighted by Crippen LogP contribution is 2.21. The molecule has 0 aromatic heterocycles.